The molecule has 0 saturated carbocycles. The molecule has 78 valence electrons. The summed E-state index contributed by atoms with van der Waals surface area (Å²) in [6.45, 7) is 6.01. The highest BCUT2D eigenvalue weighted by Gasteiger charge is 2.35. The second kappa shape index (κ2) is 5.45. The molecule has 2 atom stereocenters. The van der Waals surface area contributed by atoms with Gasteiger partial charge in [0.25, 0.3) is 0 Å². The van der Waals surface area contributed by atoms with Crippen LogP contribution in [0.2, 0.25) is 0 Å². The molecule has 1 fully saturated rings. The van der Waals surface area contributed by atoms with Crippen molar-refractivity contribution in [3.05, 3.63) is 0 Å². The smallest absolute Gasteiger partial charge is 0.310 e. The van der Waals surface area contributed by atoms with Gasteiger partial charge in [0.2, 0.25) is 0 Å². The largest absolute Gasteiger partial charge is 0.469 e. The second-order valence-electron chi connectivity index (χ2n) is 3.70. The Bertz CT molecular complexity index is 173. The summed E-state index contributed by atoms with van der Waals surface area (Å²) in [6, 6.07) is 0. The molecule has 0 aromatic carbocycles. The fourth-order valence-corrected chi connectivity index (χ4v) is 1.81. The van der Waals surface area contributed by atoms with Crippen LogP contribution in [0.3, 0.4) is 0 Å². The summed E-state index contributed by atoms with van der Waals surface area (Å²) in [4.78, 5) is 11.3. The third-order valence-electron chi connectivity index (χ3n) is 2.62. The summed E-state index contributed by atoms with van der Waals surface area (Å²) >= 11 is 0. The van der Waals surface area contributed by atoms with Gasteiger partial charge in [0.15, 0.2) is 0 Å². The number of carbonyl (C=O) groups excluding carboxylic acids is 1. The predicted octanol–water partition coefficient (Wildman–Crippen LogP) is 1.07. The van der Waals surface area contributed by atoms with E-state index < -0.39 is 0 Å². The number of hydrogen-bond donors (Lipinski definition) is 1. The Kier molecular flexibility index (Phi) is 5.33. The molecule has 0 unspecified atom stereocenters. The maximum atomic E-state index is 11.3. The summed E-state index contributed by atoms with van der Waals surface area (Å²) in [5.74, 6) is 0.982. The number of halogens is 1. The highest BCUT2D eigenvalue weighted by molar-refractivity contribution is 5.85. The van der Waals surface area contributed by atoms with E-state index >= 15 is 0 Å². The van der Waals surface area contributed by atoms with Gasteiger partial charge in [-0.3, -0.25) is 4.79 Å². The maximum absolute atomic E-state index is 11.3. The second-order valence-corrected chi connectivity index (χ2v) is 3.70. The number of rotatable bonds is 2. The molecular formula is C9H18ClNO2. The average molecular weight is 208 g/mol. The Morgan fingerprint density at radius 3 is 2.54 bits per heavy atom. The highest BCUT2D eigenvalue weighted by atomic mass is 35.5. The number of carbonyl (C=O) groups is 1. The van der Waals surface area contributed by atoms with Crippen LogP contribution in [0.1, 0.15) is 13.8 Å². The molecule has 1 saturated heterocycles. The molecule has 1 heterocycles. The molecule has 1 aliphatic heterocycles. The van der Waals surface area contributed by atoms with Crippen molar-refractivity contribution in [3.63, 3.8) is 0 Å². The van der Waals surface area contributed by atoms with Gasteiger partial charge in [-0.25, -0.2) is 0 Å². The number of methoxy groups -OCH3 is 1. The van der Waals surface area contributed by atoms with Gasteiger partial charge >= 0.3 is 5.97 Å². The Morgan fingerprint density at radius 1 is 1.46 bits per heavy atom. The number of hydrogen-bond acceptors (Lipinski definition) is 3. The summed E-state index contributed by atoms with van der Waals surface area (Å²) < 4.78 is 4.74. The molecule has 13 heavy (non-hydrogen) atoms. The van der Waals surface area contributed by atoms with E-state index in [4.69, 9.17) is 4.74 Å². The quantitative estimate of drug-likeness (QED) is 0.689. The van der Waals surface area contributed by atoms with Gasteiger partial charge in [-0.15, -0.1) is 12.4 Å². The molecule has 0 aliphatic carbocycles. The highest BCUT2D eigenvalue weighted by Crippen LogP contribution is 2.25. The van der Waals surface area contributed by atoms with Crippen molar-refractivity contribution in [3.8, 4) is 0 Å². The van der Waals surface area contributed by atoms with Crippen molar-refractivity contribution >= 4 is 18.4 Å². The topological polar surface area (TPSA) is 38.3 Å². The summed E-state index contributed by atoms with van der Waals surface area (Å²) in [7, 11) is 1.46. The summed E-state index contributed by atoms with van der Waals surface area (Å²) in [5.41, 5.74) is 0. The monoisotopic (exact) mass is 207 g/mol. The summed E-state index contributed by atoms with van der Waals surface area (Å²) in [5, 5.41) is 3.22. The van der Waals surface area contributed by atoms with Gasteiger partial charge in [0.1, 0.15) is 0 Å². The van der Waals surface area contributed by atoms with Crippen LogP contribution in [-0.2, 0) is 9.53 Å². The fourth-order valence-electron chi connectivity index (χ4n) is 1.81. The van der Waals surface area contributed by atoms with Gasteiger partial charge in [0.05, 0.1) is 13.0 Å². The van der Waals surface area contributed by atoms with Crippen molar-refractivity contribution in [2.24, 2.45) is 17.8 Å². The Hall–Kier alpha value is -0.280. The van der Waals surface area contributed by atoms with E-state index in [1.807, 2.05) is 0 Å². The lowest BCUT2D eigenvalue weighted by atomic mass is 9.86. The molecule has 0 amide bonds. The fraction of sp³-hybridized carbons (Fsp3) is 0.889. The third-order valence-corrected chi connectivity index (χ3v) is 2.62. The summed E-state index contributed by atoms with van der Waals surface area (Å²) in [6.07, 6.45) is 0. The normalized spacial score (nSPS) is 27.1. The average Bonchev–Trinajstić information content (AvgIpc) is 2.50. The van der Waals surface area contributed by atoms with Crippen LogP contribution in [-0.4, -0.2) is 26.2 Å². The molecule has 3 nitrogen and oxygen atoms in total. The minimum Gasteiger partial charge on any atom is -0.469 e. The van der Waals surface area contributed by atoms with E-state index in [9.17, 15) is 4.79 Å². The van der Waals surface area contributed by atoms with Crippen molar-refractivity contribution in [1.29, 1.82) is 0 Å². The van der Waals surface area contributed by atoms with Crippen LogP contribution >= 0.6 is 12.4 Å². The van der Waals surface area contributed by atoms with Crippen LogP contribution in [0, 0.1) is 17.8 Å². The SMILES string of the molecule is COC(=O)[C@H]1CNC[C@@H]1C(C)C.Cl. The Labute approximate surface area is 85.6 Å². The minimum atomic E-state index is -0.0706. The first kappa shape index (κ1) is 12.7. The van der Waals surface area contributed by atoms with Crippen molar-refractivity contribution in [2.75, 3.05) is 20.2 Å². The molecule has 1 aliphatic rings. The first-order chi connectivity index (χ1) is 5.66. The lowest BCUT2D eigenvalue weighted by Crippen LogP contribution is -2.27. The van der Waals surface area contributed by atoms with E-state index in [2.05, 4.69) is 19.2 Å². The van der Waals surface area contributed by atoms with Crippen molar-refractivity contribution in [2.45, 2.75) is 13.8 Å². The molecule has 0 aromatic heterocycles. The first-order valence-electron chi connectivity index (χ1n) is 4.45. The lowest BCUT2D eigenvalue weighted by molar-refractivity contribution is -0.146. The zero-order valence-corrected chi connectivity index (χ0v) is 9.19. The van der Waals surface area contributed by atoms with Gasteiger partial charge in [-0.05, 0) is 18.4 Å². The van der Waals surface area contributed by atoms with Crippen LogP contribution in [0.25, 0.3) is 0 Å². The number of esters is 1. The van der Waals surface area contributed by atoms with Crippen LogP contribution in [0.15, 0.2) is 0 Å². The molecule has 0 bridgehead atoms. The number of nitrogens with one attached hydrogen (secondary N) is 1. The van der Waals surface area contributed by atoms with Crippen LogP contribution < -0.4 is 5.32 Å². The predicted molar refractivity (Wildman–Crippen MR) is 54.0 cm³/mol. The van der Waals surface area contributed by atoms with Crippen molar-refractivity contribution in [1.82, 2.24) is 5.32 Å². The van der Waals surface area contributed by atoms with E-state index in [0.29, 0.717) is 11.8 Å². The zero-order chi connectivity index (χ0) is 9.14. The van der Waals surface area contributed by atoms with E-state index in [0.717, 1.165) is 13.1 Å². The van der Waals surface area contributed by atoms with E-state index in [-0.39, 0.29) is 24.3 Å². The Morgan fingerprint density at radius 2 is 2.08 bits per heavy atom. The molecule has 0 aromatic rings. The van der Waals surface area contributed by atoms with Gasteiger partial charge in [0, 0.05) is 6.54 Å². The minimum absolute atomic E-state index is 0. The van der Waals surface area contributed by atoms with Crippen LogP contribution in [0.5, 0.6) is 0 Å². The van der Waals surface area contributed by atoms with E-state index in [1.165, 1.54) is 7.11 Å². The third kappa shape index (κ3) is 2.85. The van der Waals surface area contributed by atoms with E-state index in [1.54, 1.807) is 0 Å². The molecule has 1 rings (SSSR count). The molecular weight excluding hydrogens is 190 g/mol. The molecule has 0 spiro atoms. The zero-order valence-electron chi connectivity index (χ0n) is 8.37. The molecule has 1 N–H and O–H groups in total. The Balaban J connectivity index is 0.00000144. The lowest BCUT2D eigenvalue weighted by Gasteiger charge is -2.19. The molecule has 4 heteroatoms. The van der Waals surface area contributed by atoms with Gasteiger partial charge in [-0.1, -0.05) is 13.8 Å². The van der Waals surface area contributed by atoms with Crippen LogP contribution in [0.4, 0.5) is 0 Å². The van der Waals surface area contributed by atoms with Gasteiger partial charge < -0.3 is 10.1 Å². The maximum Gasteiger partial charge on any atom is 0.310 e. The first-order valence-corrected chi connectivity index (χ1v) is 4.45. The number of ether oxygens (including phenoxy) is 1. The van der Waals surface area contributed by atoms with Gasteiger partial charge in [-0.2, -0.15) is 0 Å². The molecule has 0 radical (unpaired) electrons. The standard InChI is InChI=1S/C9H17NO2.ClH/c1-6(2)7-4-10-5-8(7)9(11)12-3;/h6-8,10H,4-5H2,1-3H3;1H/t7-,8+;/m1./s1. The van der Waals surface area contributed by atoms with Crippen molar-refractivity contribution < 1.29 is 9.53 Å².